The zero-order valence-corrected chi connectivity index (χ0v) is 27.1. The second-order valence-corrected chi connectivity index (χ2v) is 11.8. The fourth-order valence-electron chi connectivity index (χ4n) is 6.26. The highest BCUT2D eigenvalue weighted by Gasteiger charge is 2.22. The van der Waals surface area contributed by atoms with Gasteiger partial charge in [0.15, 0.2) is 0 Å². The second kappa shape index (κ2) is 14.3. The summed E-state index contributed by atoms with van der Waals surface area (Å²) in [5, 5.41) is 58.1. The van der Waals surface area contributed by atoms with Gasteiger partial charge in [0.05, 0.1) is 36.0 Å². The number of aromatic hydroxyl groups is 2. The Labute approximate surface area is 285 Å². The molecule has 0 amide bonds. The number of nitrogens with zero attached hydrogens (tertiary/aromatic N) is 2. The van der Waals surface area contributed by atoms with Crippen molar-refractivity contribution in [2.45, 2.75) is 39.8 Å². The number of carboxylic acids is 4. The van der Waals surface area contributed by atoms with Crippen molar-refractivity contribution in [1.82, 2.24) is 9.13 Å². The lowest BCUT2D eigenvalue weighted by Crippen LogP contribution is -2.07. The average Bonchev–Trinajstić information content (AvgIpc) is 3.46. The molecule has 6 rings (SSSR count). The molecule has 12 nitrogen and oxygen atoms in total. The minimum Gasteiger partial charge on any atom is -0.508 e. The van der Waals surface area contributed by atoms with E-state index in [0.717, 1.165) is 16.8 Å². The number of carboxylic acid groups (broad SMARTS) is 4. The van der Waals surface area contributed by atoms with Crippen LogP contribution in [-0.4, -0.2) is 63.7 Å². The highest BCUT2D eigenvalue weighted by atomic mass is 16.4. The number of aliphatic carboxylic acids is 2. The number of carbonyl (C=O) groups is 4. The summed E-state index contributed by atoms with van der Waals surface area (Å²) in [4.78, 5) is 45.4. The normalized spacial score (nSPS) is 10.9. The number of fused-ring (bicyclic) bond motifs is 2. The second-order valence-electron chi connectivity index (χ2n) is 11.8. The molecule has 12 heteroatoms. The van der Waals surface area contributed by atoms with Crippen molar-refractivity contribution in [1.29, 1.82) is 0 Å². The smallest absolute Gasteiger partial charge is 0.337 e. The molecule has 0 aliphatic heterocycles. The Morgan fingerprint density at radius 3 is 1.88 bits per heavy atom. The number of benzene rings is 4. The van der Waals surface area contributed by atoms with E-state index < -0.39 is 23.9 Å². The molecule has 50 heavy (non-hydrogen) atoms. The Bertz CT molecular complexity index is 2300. The van der Waals surface area contributed by atoms with Crippen LogP contribution in [0.15, 0.2) is 84.9 Å². The summed E-state index contributed by atoms with van der Waals surface area (Å²) in [6.45, 7) is 4.28. The molecule has 2 aromatic heterocycles. The van der Waals surface area contributed by atoms with Gasteiger partial charge in [0.25, 0.3) is 0 Å². The van der Waals surface area contributed by atoms with Crippen molar-refractivity contribution in [2.24, 2.45) is 0 Å². The molecule has 0 unspecified atom stereocenters. The molecule has 0 aliphatic rings. The maximum absolute atomic E-state index is 11.7. The number of phenols is 2. The summed E-state index contributed by atoms with van der Waals surface area (Å²) in [6.07, 6.45) is -0.377. The predicted octanol–water partition coefficient (Wildman–Crippen LogP) is 6.06. The average molecular weight is 679 g/mol. The first kappa shape index (κ1) is 34.8. The fourth-order valence-corrected chi connectivity index (χ4v) is 6.26. The standard InChI is InChI=1S/2C19H17NO5/c1-11-15(9-17(22)23)13-6-4-7-14(19(24)25)18(13)20(11)10-12-5-2-3-8-16(12)21;1-11-15(9-18(22)23)16-8-13(19(24)25)5-6-17(16)20(11)10-12-3-2-4-14(21)7-12/h2*2-8,21H,9-10H2,1H3,(H,22,23)(H,24,25). The van der Waals surface area contributed by atoms with Crippen LogP contribution in [0.3, 0.4) is 0 Å². The van der Waals surface area contributed by atoms with E-state index in [1.807, 2.05) is 17.6 Å². The van der Waals surface area contributed by atoms with Gasteiger partial charge in [-0.3, -0.25) is 9.59 Å². The van der Waals surface area contributed by atoms with E-state index >= 15 is 0 Å². The van der Waals surface area contributed by atoms with E-state index in [4.69, 9.17) is 0 Å². The van der Waals surface area contributed by atoms with Crippen molar-refractivity contribution in [2.75, 3.05) is 0 Å². The van der Waals surface area contributed by atoms with Gasteiger partial charge in [-0.1, -0.05) is 42.5 Å². The number of para-hydroxylation sites is 2. The van der Waals surface area contributed by atoms with E-state index in [9.17, 15) is 49.8 Å². The minimum atomic E-state index is -1.08. The lowest BCUT2D eigenvalue weighted by Gasteiger charge is -2.11. The van der Waals surface area contributed by atoms with Gasteiger partial charge >= 0.3 is 23.9 Å². The van der Waals surface area contributed by atoms with E-state index in [2.05, 4.69) is 0 Å². The zero-order chi connectivity index (χ0) is 36.3. The lowest BCUT2D eigenvalue weighted by molar-refractivity contribution is -0.137. The molecule has 6 aromatic rings. The summed E-state index contributed by atoms with van der Waals surface area (Å²) >= 11 is 0. The molecule has 2 heterocycles. The number of aromatic carboxylic acids is 2. The van der Waals surface area contributed by atoms with Crippen molar-refractivity contribution in [3.8, 4) is 11.5 Å². The third-order valence-electron chi connectivity index (χ3n) is 8.63. The van der Waals surface area contributed by atoms with Crippen LogP contribution in [0.1, 0.15) is 54.4 Å². The number of aromatic nitrogens is 2. The molecular weight excluding hydrogens is 644 g/mol. The molecule has 256 valence electrons. The van der Waals surface area contributed by atoms with Crippen molar-refractivity contribution in [3.05, 3.63) is 130 Å². The number of phenolic OH excluding ortho intramolecular Hbond substituents is 2. The van der Waals surface area contributed by atoms with Gasteiger partial charge in [-0.15, -0.1) is 0 Å². The van der Waals surface area contributed by atoms with Crippen LogP contribution in [0.25, 0.3) is 21.8 Å². The Kier molecular flexibility index (Phi) is 9.93. The van der Waals surface area contributed by atoms with Crippen LogP contribution in [-0.2, 0) is 35.5 Å². The van der Waals surface area contributed by atoms with E-state index in [0.29, 0.717) is 45.2 Å². The summed E-state index contributed by atoms with van der Waals surface area (Å²) in [5.41, 5.74) is 5.58. The molecule has 0 spiro atoms. The topological polar surface area (TPSA) is 200 Å². The van der Waals surface area contributed by atoms with Crippen molar-refractivity contribution in [3.63, 3.8) is 0 Å². The van der Waals surface area contributed by atoms with Crippen molar-refractivity contribution >= 4 is 45.7 Å². The maximum Gasteiger partial charge on any atom is 0.337 e. The summed E-state index contributed by atoms with van der Waals surface area (Å²) < 4.78 is 3.69. The summed E-state index contributed by atoms with van der Waals surface area (Å²) in [6, 6.07) is 23.2. The molecule has 0 atom stereocenters. The van der Waals surface area contributed by atoms with Gasteiger partial charge < -0.3 is 39.8 Å². The third-order valence-corrected chi connectivity index (χ3v) is 8.63. The van der Waals surface area contributed by atoms with Gasteiger partial charge in [-0.2, -0.15) is 0 Å². The Morgan fingerprint density at radius 1 is 0.620 bits per heavy atom. The predicted molar refractivity (Wildman–Crippen MR) is 184 cm³/mol. The molecule has 6 N–H and O–H groups in total. The van der Waals surface area contributed by atoms with E-state index in [1.165, 1.54) is 18.2 Å². The first-order valence-corrected chi connectivity index (χ1v) is 15.4. The largest absolute Gasteiger partial charge is 0.508 e. The molecule has 0 aliphatic carbocycles. The van der Waals surface area contributed by atoms with E-state index in [1.54, 1.807) is 72.2 Å². The number of hydrogen-bond acceptors (Lipinski definition) is 6. The van der Waals surface area contributed by atoms with Crippen LogP contribution >= 0.6 is 0 Å². The summed E-state index contributed by atoms with van der Waals surface area (Å²) in [5.74, 6) is -3.82. The van der Waals surface area contributed by atoms with Gasteiger partial charge in [0.2, 0.25) is 0 Å². The van der Waals surface area contributed by atoms with Gasteiger partial charge in [-0.25, -0.2) is 9.59 Å². The van der Waals surface area contributed by atoms with Crippen molar-refractivity contribution < 1.29 is 49.8 Å². The third kappa shape index (κ3) is 7.14. The highest BCUT2D eigenvalue weighted by Crippen LogP contribution is 2.32. The molecule has 4 aromatic carbocycles. The van der Waals surface area contributed by atoms with Crippen LogP contribution < -0.4 is 0 Å². The fraction of sp³-hybridized carbons (Fsp3) is 0.158. The minimum absolute atomic E-state index is 0.104. The van der Waals surface area contributed by atoms with Gasteiger partial charge in [0, 0.05) is 39.8 Å². The Morgan fingerprint density at radius 2 is 1.26 bits per heavy atom. The van der Waals surface area contributed by atoms with E-state index in [-0.39, 0.29) is 42.0 Å². The molecular formula is C38H34N2O10. The van der Waals surface area contributed by atoms with Gasteiger partial charge in [-0.05, 0) is 73.0 Å². The lowest BCUT2D eigenvalue weighted by atomic mass is 10.1. The SMILES string of the molecule is Cc1c(CC(=O)O)c2cc(C(=O)O)ccc2n1Cc1cccc(O)c1.Cc1c(CC(=O)O)c2cccc(C(=O)O)c2n1Cc1ccccc1O. The Hall–Kier alpha value is -6.56. The molecule has 0 saturated carbocycles. The Balaban J connectivity index is 0.000000194. The first-order chi connectivity index (χ1) is 23.8. The van der Waals surface area contributed by atoms with Crippen LogP contribution in [0.5, 0.6) is 11.5 Å². The maximum atomic E-state index is 11.7. The zero-order valence-electron chi connectivity index (χ0n) is 27.1. The number of rotatable bonds is 10. The molecule has 0 bridgehead atoms. The van der Waals surface area contributed by atoms with Gasteiger partial charge in [0.1, 0.15) is 11.5 Å². The highest BCUT2D eigenvalue weighted by molar-refractivity contribution is 6.04. The molecule has 0 saturated heterocycles. The van der Waals surface area contributed by atoms with Crippen LogP contribution in [0.2, 0.25) is 0 Å². The first-order valence-electron chi connectivity index (χ1n) is 15.4. The van der Waals surface area contributed by atoms with Crippen LogP contribution in [0, 0.1) is 13.8 Å². The quantitative estimate of drug-likeness (QED) is 0.0990. The summed E-state index contributed by atoms with van der Waals surface area (Å²) in [7, 11) is 0. The molecule has 0 radical (unpaired) electrons. The monoisotopic (exact) mass is 678 g/mol. The van der Waals surface area contributed by atoms with Crippen LogP contribution in [0.4, 0.5) is 0 Å². The molecule has 0 fully saturated rings. The number of hydrogen-bond donors (Lipinski definition) is 6.